The number of nitrogens with zero attached hydrogens (tertiary/aromatic N) is 3. The lowest BCUT2D eigenvalue weighted by atomic mass is 9.98. The van der Waals surface area contributed by atoms with Crippen molar-refractivity contribution in [2.75, 3.05) is 55.7 Å². The average Bonchev–Trinajstić information content (AvgIpc) is 2.59. The molecule has 0 radical (unpaired) electrons. The number of rotatable bonds is 3. The first-order valence-corrected chi connectivity index (χ1v) is 8.77. The first-order valence-electron chi connectivity index (χ1n) is 8.77. The van der Waals surface area contributed by atoms with Crippen molar-refractivity contribution in [3.8, 4) is 0 Å². The van der Waals surface area contributed by atoms with Gasteiger partial charge in [-0.25, -0.2) is 4.79 Å². The van der Waals surface area contributed by atoms with E-state index in [0.717, 1.165) is 19.5 Å². The van der Waals surface area contributed by atoms with E-state index in [4.69, 9.17) is 4.74 Å². The third-order valence-electron chi connectivity index (χ3n) is 4.96. The van der Waals surface area contributed by atoms with Crippen molar-refractivity contribution >= 4 is 17.5 Å². The summed E-state index contributed by atoms with van der Waals surface area (Å²) >= 11 is 0. The van der Waals surface area contributed by atoms with Crippen LogP contribution >= 0.6 is 0 Å². The third kappa shape index (κ3) is 2.99. The predicted octanol–water partition coefficient (Wildman–Crippen LogP) is 0.797. The Labute approximate surface area is 141 Å². The van der Waals surface area contributed by atoms with E-state index < -0.39 is 0 Å². The second-order valence-electron chi connectivity index (χ2n) is 6.72. The zero-order valence-corrected chi connectivity index (χ0v) is 14.4. The number of piperazine rings is 1. The number of ether oxygens (including phenoxy) is 1. The van der Waals surface area contributed by atoms with E-state index in [0.29, 0.717) is 50.1 Å². The molecule has 7 heteroatoms. The topological polar surface area (TPSA) is 70.2 Å². The number of amides is 1. The molecule has 1 aromatic rings. The quantitative estimate of drug-likeness (QED) is 0.761. The van der Waals surface area contributed by atoms with E-state index >= 15 is 0 Å². The van der Waals surface area contributed by atoms with Gasteiger partial charge >= 0.3 is 6.09 Å². The number of carbonyl (C=O) groups excluding carboxylic acids is 1. The molecule has 0 spiro atoms. The third-order valence-corrected chi connectivity index (χ3v) is 4.96. The van der Waals surface area contributed by atoms with E-state index in [1.54, 1.807) is 11.8 Å². The van der Waals surface area contributed by atoms with Gasteiger partial charge in [-0.05, 0) is 25.7 Å². The van der Waals surface area contributed by atoms with Crippen LogP contribution in [0.3, 0.4) is 0 Å². The standard InChI is InChI=1S/C17H25N3O4/c1-3-24-17(23)19-9-7-18(8-10-19)13-14(16(22)15(13)21)20-6-4-5-12(2)11-20/h12H,3-11H2,1-2H3/t12-/m1/s1. The van der Waals surface area contributed by atoms with E-state index in [9.17, 15) is 14.4 Å². The highest BCUT2D eigenvalue weighted by Gasteiger charge is 2.33. The largest absolute Gasteiger partial charge is 0.450 e. The monoisotopic (exact) mass is 335 g/mol. The smallest absolute Gasteiger partial charge is 0.409 e. The number of piperidine rings is 1. The molecule has 132 valence electrons. The van der Waals surface area contributed by atoms with Gasteiger partial charge in [0.2, 0.25) is 0 Å². The number of carbonyl (C=O) groups is 1. The second-order valence-corrected chi connectivity index (χ2v) is 6.72. The minimum absolute atomic E-state index is 0.313. The van der Waals surface area contributed by atoms with Gasteiger partial charge in [-0.1, -0.05) is 6.92 Å². The fourth-order valence-corrected chi connectivity index (χ4v) is 3.67. The molecule has 0 aromatic heterocycles. The van der Waals surface area contributed by atoms with Crippen LogP contribution in [0.1, 0.15) is 26.7 Å². The van der Waals surface area contributed by atoms with Crippen LogP contribution in [0.25, 0.3) is 0 Å². The van der Waals surface area contributed by atoms with E-state index in [1.165, 1.54) is 6.42 Å². The van der Waals surface area contributed by atoms with Crippen LogP contribution in [0.15, 0.2) is 9.59 Å². The molecule has 2 aliphatic heterocycles. The molecule has 2 aliphatic rings. The zero-order valence-electron chi connectivity index (χ0n) is 14.4. The van der Waals surface area contributed by atoms with Crippen molar-refractivity contribution in [2.45, 2.75) is 26.7 Å². The lowest BCUT2D eigenvalue weighted by molar-refractivity contribution is 0.105. The molecular formula is C17H25N3O4. The summed E-state index contributed by atoms with van der Waals surface area (Å²) < 4.78 is 5.01. The highest BCUT2D eigenvalue weighted by Crippen LogP contribution is 2.29. The summed E-state index contributed by atoms with van der Waals surface area (Å²) in [5.41, 5.74) is 0.411. The van der Waals surface area contributed by atoms with Crippen LogP contribution < -0.4 is 20.7 Å². The van der Waals surface area contributed by atoms with E-state index in [1.807, 2.05) is 4.90 Å². The highest BCUT2D eigenvalue weighted by molar-refractivity contribution is 5.77. The van der Waals surface area contributed by atoms with Crippen LogP contribution in [0.5, 0.6) is 0 Å². The Morgan fingerprint density at radius 3 is 2.25 bits per heavy atom. The molecular weight excluding hydrogens is 310 g/mol. The molecule has 2 saturated heterocycles. The minimum Gasteiger partial charge on any atom is -0.450 e. The van der Waals surface area contributed by atoms with Gasteiger partial charge in [0.1, 0.15) is 11.4 Å². The predicted molar refractivity (Wildman–Crippen MR) is 92.8 cm³/mol. The van der Waals surface area contributed by atoms with Gasteiger partial charge in [-0.3, -0.25) is 9.59 Å². The fourth-order valence-electron chi connectivity index (χ4n) is 3.67. The maximum absolute atomic E-state index is 12.1. The summed E-state index contributed by atoms with van der Waals surface area (Å²) in [6.07, 6.45) is 1.91. The van der Waals surface area contributed by atoms with Crippen LogP contribution in [0, 0.1) is 5.92 Å². The van der Waals surface area contributed by atoms with Crippen molar-refractivity contribution in [2.24, 2.45) is 5.92 Å². The summed E-state index contributed by atoms with van der Waals surface area (Å²) in [6.45, 7) is 8.11. The van der Waals surface area contributed by atoms with Gasteiger partial charge in [-0.15, -0.1) is 0 Å². The Bertz CT molecular complexity index is 672. The Hall–Kier alpha value is -2.05. The normalized spacial score (nSPS) is 22.1. The summed E-state index contributed by atoms with van der Waals surface area (Å²) in [5.74, 6) is 0.539. The van der Waals surface area contributed by atoms with Crippen LogP contribution in [0.4, 0.5) is 16.2 Å². The molecule has 7 nitrogen and oxygen atoms in total. The molecule has 24 heavy (non-hydrogen) atoms. The van der Waals surface area contributed by atoms with Gasteiger partial charge in [0.15, 0.2) is 0 Å². The van der Waals surface area contributed by atoms with Crippen LogP contribution in [-0.2, 0) is 4.74 Å². The zero-order chi connectivity index (χ0) is 17.3. The lowest BCUT2D eigenvalue weighted by Crippen LogP contribution is -2.54. The van der Waals surface area contributed by atoms with Gasteiger partial charge in [0.25, 0.3) is 10.9 Å². The minimum atomic E-state index is -0.382. The second kappa shape index (κ2) is 6.83. The van der Waals surface area contributed by atoms with Crippen molar-refractivity contribution in [3.05, 3.63) is 20.4 Å². The molecule has 1 amide bonds. The fraction of sp³-hybridized carbons (Fsp3) is 0.706. The van der Waals surface area contributed by atoms with E-state index in [2.05, 4.69) is 11.8 Å². The first-order chi connectivity index (χ1) is 11.5. The maximum Gasteiger partial charge on any atom is 0.409 e. The van der Waals surface area contributed by atoms with E-state index in [-0.39, 0.29) is 17.0 Å². The van der Waals surface area contributed by atoms with Crippen LogP contribution in [0.2, 0.25) is 0 Å². The van der Waals surface area contributed by atoms with Crippen molar-refractivity contribution in [3.63, 3.8) is 0 Å². The summed E-state index contributed by atoms with van der Waals surface area (Å²) in [5, 5.41) is 0. The van der Waals surface area contributed by atoms with Crippen molar-refractivity contribution in [1.82, 2.24) is 4.90 Å². The Morgan fingerprint density at radius 1 is 1.04 bits per heavy atom. The molecule has 0 N–H and O–H groups in total. The number of hydrogen-bond acceptors (Lipinski definition) is 6. The molecule has 1 atom stereocenters. The number of anilines is 2. The first kappa shape index (κ1) is 16.8. The Morgan fingerprint density at radius 2 is 1.67 bits per heavy atom. The van der Waals surface area contributed by atoms with Gasteiger partial charge < -0.3 is 19.4 Å². The molecule has 0 bridgehead atoms. The van der Waals surface area contributed by atoms with Gasteiger partial charge in [-0.2, -0.15) is 0 Å². The lowest BCUT2D eigenvalue weighted by Gasteiger charge is -2.40. The molecule has 3 rings (SSSR count). The van der Waals surface area contributed by atoms with Crippen LogP contribution in [-0.4, -0.2) is 56.9 Å². The molecule has 1 aromatic carbocycles. The summed E-state index contributed by atoms with van der Waals surface area (Å²) in [7, 11) is 0. The summed E-state index contributed by atoms with van der Waals surface area (Å²) in [6, 6.07) is 0. The van der Waals surface area contributed by atoms with Gasteiger partial charge in [0.05, 0.1) is 6.61 Å². The Kier molecular flexibility index (Phi) is 4.78. The number of hydrogen-bond donors (Lipinski definition) is 0. The SMILES string of the molecule is CCOC(=O)N1CCN(c2c(N3CCC[C@@H](C)C3)c(=O)c2=O)CC1. The maximum atomic E-state index is 12.1. The molecule has 0 saturated carbocycles. The summed E-state index contributed by atoms with van der Waals surface area (Å²) in [4.78, 5) is 41.7. The molecule has 2 heterocycles. The van der Waals surface area contributed by atoms with Crippen molar-refractivity contribution in [1.29, 1.82) is 0 Å². The molecule has 2 fully saturated rings. The average molecular weight is 335 g/mol. The van der Waals surface area contributed by atoms with Crippen molar-refractivity contribution < 1.29 is 9.53 Å². The Balaban J connectivity index is 1.70. The molecule has 0 unspecified atom stereocenters. The van der Waals surface area contributed by atoms with Gasteiger partial charge in [0, 0.05) is 39.3 Å². The highest BCUT2D eigenvalue weighted by atomic mass is 16.6. The molecule has 0 aliphatic carbocycles.